The van der Waals surface area contributed by atoms with Crippen molar-refractivity contribution in [2.75, 3.05) is 38.7 Å². The Kier molecular flexibility index (Phi) is 5.70. The van der Waals surface area contributed by atoms with E-state index < -0.39 is 9.84 Å². The van der Waals surface area contributed by atoms with Gasteiger partial charge in [0.2, 0.25) is 0 Å². The first-order valence-corrected chi connectivity index (χ1v) is 11.1. The summed E-state index contributed by atoms with van der Waals surface area (Å²) in [5, 5.41) is 8.97. The average molecular weight is 414 g/mol. The van der Waals surface area contributed by atoms with E-state index in [1.807, 2.05) is 31.2 Å². The first kappa shape index (κ1) is 19.7. The first-order valence-electron chi connectivity index (χ1n) is 9.47. The van der Waals surface area contributed by atoms with E-state index in [-0.39, 0.29) is 10.8 Å². The molecule has 152 valence electrons. The van der Waals surface area contributed by atoms with Gasteiger partial charge in [0.1, 0.15) is 16.9 Å². The van der Waals surface area contributed by atoms with Crippen LogP contribution in [0.15, 0.2) is 58.4 Å². The third-order valence-electron chi connectivity index (χ3n) is 4.78. The minimum Gasteiger partial charge on any atom is -0.379 e. The van der Waals surface area contributed by atoms with Gasteiger partial charge in [0.25, 0.3) is 0 Å². The van der Waals surface area contributed by atoms with E-state index >= 15 is 0 Å². The quantitative estimate of drug-likeness (QED) is 0.468. The number of nitrogens with zero attached hydrogens (tertiary/aromatic N) is 5. The summed E-state index contributed by atoms with van der Waals surface area (Å²) in [6.45, 7) is 5.17. The molecule has 0 unspecified atom stereocenters. The fraction of sp³-hybridized carbons (Fsp3) is 0.350. The molecule has 1 aliphatic heterocycles. The summed E-state index contributed by atoms with van der Waals surface area (Å²) in [4.78, 5) is 8.31. The minimum absolute atomic E-state index is 0.260. The molecule has 8 nitrogen and oxygen atoms in total. The second-order valence-corrected chi connectivity index (χ2v) is 8.96. The lowest BCUT2D eigenvalue weighted by Gasteiger charge is -2.26. The molecule has 2 heterocycles. The van der Waals surface area contributed by atoms with Crippen molar-refractivity contribution in [3.05, 3.63) is 54.1 Å². The molecule has 4 rings (SSSR count). The Labute approximate surface area is 169 Å². The summed E-state index contributed by atoms with van der Waals surface area (Å²) in [7, 11) is -3.55. The molecule has 1 fully saturated rings. The number of benzene rings is 2. The van der Waals surface area contributed by atoms with Gasteiger partial charge in [-0.1, -0.05) is 29.8 Å². The number of ether oxygens (including phenoxy) is 1. The second kappa shape index (κ2) is 8.40. The molecule has 0 N–H and O–H groups in total. The molecule has 1 saturated heterocycles. The molecular formula is C20H23N5O3S. The van der Waals surface area contributed by atoms with Crippen LogP contribution >= 0.6 is 0 Å². The summed E-state index contributed by atoms with van der Waals surface area (Å²) < 4.78 is 30.9. The summed E-state index contributed by atoms with van der Waals surface area (Å²) in [6.07, 6.45) is 0. The van der Waals surface area contributed by atoms with Gasteiger partial charge in [-0.2, -0.15) is 0 Å². The average Bonchev–Trinajstić information content (AvgIpc) is 3.16. The fourth-order valence-electron chi connectivity index (χ4n) is 3.09. The van der Waals surface area contributed by atoms with Crippen molar-refractivity contribution in [2.24, 2.45) is 4.99 Å². The summed E-state index contributed by atoms with van der Waals surface area (Å²) in [5.74, 6) is 0.145. The number of hydrogen-bond donors (Lipinski definition) is 0. The van der Waals surface area contributed by atoms with Crippen molar-refractivity contribution in [3.8, 4) is 0 Å². The van der Waals surface area contributed by atoms with E-state index in [4.69, 9.17) is 4.74 Å². The van der Waals surface area contributed by atoms with Crippen LogP contribution in [0.5, 0.6) is 0 Å². The normalized spacial score (nSPS) is 16.4. The lowest BCUT2D eigenvalue weighted by atomic mass is 10.2. The SMILES string of the molecule is Cc1ccc(S(=O)(=O)CN=C(CN2CCOCC2)n2nc3ccccc3n2)cc1. The van der Waals surface area contributed by atoms with E-state index in [0.717, 1.165) is 29.7 Å². The van der Waals surface area contributed by atoms with Crippen LogP contribution in [0.25, 0.3) is 11.0 Å². The van der Waals surface area contributed by atoms with Crippen LogP contribution in [0.1, 0.15) is 5.56 Å². The largest absolute Gasteiger partial charge is 0.379 e. The lowest BCUT2D eigenvalue weighted by Crippen LogP contribution is -2.41. The highest BCUT2D eigenvalue weighted by molar-refractivity contribution is 7.91. The maximum Gasteiger partial charge on any atom is 0.198 e. The Hall–Kier alpha value is -2.62. The smallest absolute Gasteiger partial charge is 0.198 e. The van der Waals surface area contributed by atoms with E-state index in [2.05, 4.69) is 20.1 Å². The van der Waals surface area contributed by atoms with Gasteiger partial charge in [-0.15, -0.1) is 15.0 Å². The summed E-state index contributed by atoms with van der Waals surface area (Å²) in [5.41, 5.74) is 2.49. The van der Waals surface area contributed by atoms with Crippen LogP contribution < -0.4 is 0 Å². The number of aryl methyl sites for hydroxylation is 1. The number of hydrogen-bond acceptors (Lipinski definition) is 7. The highest BCUT2D eigenvalue weighted by atomic mass is 32.2. The molecule has 0 aliphatic carbocycles. The van der Waals surface area contributed by atoms with Crippen molar-refractivity contribution in [1.82, 2.24) is 19.9 Å². The monoisotopic (exact) mass is 413 g/mol. The lowest BCUT2D eigenvalue weighted by molar-refractivity contribution is 0.0448. The maximum atomic E-state index is 12.8. The topological polar surface area (TPSA) is 89.7 Å². The Morgan fingerprint density at radius 2 is 1.66 bits per heavy atom. The van der Waals surface area contributed by atoms with Crippen molar-refractivity contribution in [3.63, 3.8) is 0 Å². The van der Waals surface area contributed by atoms with E-state index in [1.54, 1.807) is 24.3 Å². The zero-order valence-electron chi connectivity index (χ0n) is 16.2. The van der Waals surface area contributed by atoms with Crippen LogP contribution in [0.2, 0.25) is 0 Å². The Bertz CT molecular complexity index is 1080. The zero-order chi connectivity index (χ0) is 20.3. The van der Waals surface area contributed by atoms with Gasteiger partial charge in [0.05, 0.1) is 24.7 Å². The van der Waals surface area contributed by atoms with Gasteiger partial charge in [0, 0.05) is 13.1 Å². The maximum absolute atomic E-state index is 12.8. The number of sulfone groups is 1. The standard InChI is InChI=1S/C20H23N5O3S/c1-16-6-8-17(9-7-16)29(26,27)15-21-20(14-24-10-12-28-13-11-24)25-22-18-4-2-3-5-19(18)23-25/h2-9H,10-15H2,1H3. The van der Waals surface area contributed by atoms with Crippen molar-refractivity contribution in [1.29, 1.82) is 0 Å². The van der Waals surface area contributed by atoms with Crippen molar-refractivity contribution >= 4 is 26.7 Å². The molecule has 3 aromatic rings. The Morgan fingerprint density at radius 3 is 2.28 bits per heavy atom. The van der Waals surface area contributed by atoms with E-state index in [0.29, 0.717) is 25.6 Å². The highest BCUT2D eigenvalue weighted by Gasteiger charge is 2.19. The zero-order valence-corrected chi connectivity index (χ0v) is 17.0. The number of aliphatic imine (C=N–C) groups is 1. The fourth-order valence-corrected chi connectivity index (χ4v) is 4.11. The molecule has 2 aromatic carbocycles. The molecular weight excluding hydrogens is 390 g/mol. The first-order chi connectivity index (χ1) is 14.0. The molecule has 0 bridgehead atoms. The third kappa shape index (κ3) is 4.69. The number of aromatic nitrogens is 3. The highest BCUT2D eigenvalue weighted by Crippen LogP contribution is 2.13. The number of morpholine rings is 1. The van der Waals surface area contributed by atoms with Crippen molar-refractivity contribution in [2.45, 2.75) is 11.8 Å². The molecule has 9 heteroatoms. The van der Waals surface area contributed by atoms with Crippen molar-refractivity contribution < 1.29 is 13.2 Å². The van der Waals surface area contributed by atoms with Gasteiger partial charge < -0.3 is 4.74 Å². The van der Waals surface area contributed by atoms with Gasteiger partial charge >= 0.3 is 0 Å². The van der Waals surface area contributed by atoms with Crippen LogP contribution in [-0.4, -0.2) is 72.9 Å². The summed E-state index contributed by atoms with van der Waals surface area (Å²) in [6, 6.07) is 14.3. The predicted molar refractivity (Wildman–Crippen MR) is 111 cm³/mol. The van der Waals surface area contributed by atoms with Crippen LogP contribution in [0, 0.1) is 6.92 Å². The van der Waals surface area contributed by atoms with E-state index in [9.17, 15) is 8.42 Å². The predicted octanol–water partition coefficient (Wildman–Crippen LogP) is 1.75. The Balaban J connectivity index is 1.64. The molecule has 29 heavy (non-hydrogen) atoms. The molecule has 0 saturated carbocycles. The van der Waals surface area contributed by atoms with E-state index in [1.165, 1.54) is 4.80 Å². The summed E-state index contributed by atoms with van der Waals surface area (Å²) >= 11 is 0. The molecule has 0 amide bonds. The van der Waals surface area contributed by atoms with Gasteiger partial charge in [-0.05, 0) is 31.2 Å². The van der Waals surface area contributed by atoms with Crippen LogP contribution in [0.3, 0.4) is 0 Å². The third-order valence-corrected chi connectivity index (χ3v) is 6.24. The van der Waals surface area contributed by atoms with Gasteiger partial charge in [-0.25, -0.2) is 8.42 Å². The van der Waals surface area contributed by atoms with Crippen LogP contribution in [-0.2, 0) is 14.6 Å². The number of fused-ring (bicyclic) bond motifs is 1. The molecule has 1 aromatic heterocycles. The second-order valence-electron chi connectivity index (χ2n) is 7.00. The molecule has 1 aliphatic rings. The number of rotatable bonds is 5. The molecule has 0 atom stereocenters. The van der Waals surface area contributed by atoms with Crippen LogP contribution in [0.4, 0.5) is 0 Å². The Morgan fingerprint density at radius 1 is 1.03 bits per heavy atom. The molecule has 0 spiro atoms. The van der Waals surface area contributed by atoms with Gasteiger partial charge in [-0.3, -0.25) is 9.89 Å². The van der Waals surface area contributed by atoms with Gasteiger partial charge in [0.15, 0.2) is 15.7 Å². The minimum atomic E-state index is -3.55. The molecule has 0 radical (unpaired) electrons.